The Morgan fingerprint density at radius 3 is 2.29 bits per heavy atom. The third kappa shape index (κ3) is 6.21. The second kappa shape index (κ2) is 9.94. The van der Waals surface area contributed by atoms with Gasteiger partial charge in [0.15, 0.2) is 0 Å². The van der Waals surface area contributed by atoms with E-state index >= 15 is 0 Å². The number of sulfonamides is 1. The van der Waals surface area contributed by atoms with Crippen LogP contribution < -0.4 is 10.1 Å². The molecule has 0 aliphatic carbocycles. The highest BCUT2D eigenvalue weighted by Crippen LogP contribution is 2.29. The van der Waals surface area contributed by atoms with E-state index in [4.69, 9.17) is 0 Å². The number of aromatic carboxylic acids is 1. The lowest BCUT2D eigenvalue weighted by Gasteiger charge is -2.18. The number of nitro benzene ring substituents is 1. The molecule has 0 fully saturated rings. The number of hydrogen-bond donors (Lipinski definition) is 3. The molecule has 11 heteroatoms. The zero-order chi connectivity index (χ0) is 25.8. The average molecular weight is 497 g/mol. The number of hydrazone groups is 1. The lowest BCUT2D eigenvalue weighted by Crippen LogP contribution is -2.17. The number of nitrogens with zero attached hydrogens (tertiary/aromatic N) is 2. The molecule has 0 heterocycles. The molecular weight excluding hydrogens is 472 g/mol. The summed E-state index contributed by atoms with van der Waals surface area (Å²) in [7, 11) is -4.43. The number of nitrogens with one attached hydrogen (secondary N) is 2. The number of carbonyl (C=O) groups is 1. The van der Waals surface area contributed by atoms with Crippen molar-refractivity contribution < 1.29 is 23.2 Å². The van der Waals surface area contributed by atoms with Gasteiger partial charge in [0.25, 0.3) is 15.7 Å². The minimum atomic E-state index is -4.43. The molecule has 0 bridgehead atoms. The van der Waals surface area contributed by atoms with Gasteiger partial charge in [0, 0.05) is 12.1 Å². The van der Waals surface area contributed by atoms with Crippen molar-refractivity contribution in [1.82, 2.24) is 0 Å². The van der Waals surface area contributed by atoms with E-state index in [1.807, 2.05) is 24.3 Å². The molecule has 3 N–H and O–H groups in total. The van der Waals surface area contributed by atoms with E-state index in [1.165, 1.54) is 36.5 Å². The van der Waals surface area contributed by atoms with E-state index in [2.05, 4.69) is 36.0 Å². The summed E-state index contributed by atoms with van der Waals surface area (Å²) < 4.78 is 28.4. The van der Waals surface area contributed by atoms with Crippen molar-refractivity contribution in [1.29, 1.82) is 0 Å². The maximum absolute atomic E-state index is 13.1. The SMILES string of the molecule is CC(C)(C)c1ccc(/C=N\Nc2ccc([N+](=O)[O-])cc2S(=O)(=O)Nc2ccccc2C(=O)O)cc1. The van der Waals surface area contributed by atoms with Gasteiger partial charge >= 0.3 is 5.97 Å². The van der Waals surface area contributed by atoms with Crippen molar-refractivity contribution in [2.45, 2.75) is 31.1 Å². The van der Waals surface area contributed by atoms with Crippen molar-refractivity contribution in [2.24, 2.45) is 5.10 Å². The van der Waals surface area contributed by atoms with Crippen LogP contribution in [-0.4, -0.2) is 30.6 Å². The molecular formula is C24H24N4O6S. The summed E-state index contributed by atoms with van der Waals surface area (Å²) in [5.41, 5.74) is 3.56. The van der Waals surface area contributed by atoms with Crippen molar-refractivity contribution in [3.8, 4) is 0 Å². The molecule has 0 radical (unpaired) electrons. The second-order valence-corrected chi connectivity index (χ2v) is 10.3. The molecule has 3 aromatic carbocycles. The Labute approximate surface area is 202 Å². The highest BCUT2D eigenvalue weighted by Gasteiger charge is 2.24. The fourth-order valence-corrected chi connectivity index (χ4v) is 4.40. The van der Waals surface area contributed by atoms with Crippen LogP contribution >= 0.6 is 0 Å². The monoisotopic (exact) mass is 496 g/mol. The Kier molecular flexibility index (Phi) is 7.20. The molecule has 0 atom stereocenters. The van der Waals surface area contributed by atoms with Gasteiger partial charge in [-0.1, -0.05) is 57.2 Å². The molecule has 0 spiro atoms. The van der Waals surface area contributed by atoms with Gasteiger partial charge in [0.2, 0.25) is 0 Å². The molecule has 0 saturated carbocycles. The Morgan fingerprint density at radius 2 is 1.69 bits per heavy atom. The molecule has 0 unspecified atom stereocenters. The van der Waals surface area contributed by atoms with Crippen LogP contribution in [0.3, 0.4) is 0 Å². The number of anilines is 2. The average Bonchev–Trinajstić information content (AvgIpc) is 2.78. The first-order valence-corrected chi connectivity index (χ1v) is 11.9. The minimum Gasteiger partial charge on any atom is -0.478 e. The van der Waals surface area contributed by atoms with Gasteiger partial charge in [0.05, 0.1) is 28.1 Å². The third-order valence-corrected chi connectivity index (χ3v) is 6.45. The van der Waals surface area contributed by atoms with Gasteiger partial charge in [-0.25, -0.2) is 13.2 Å². The summed E-state index contributed by atoms with van der Waals surface area (Å²) in [6, 6.07) is 16.3. The number of non-ortho nitro benzene ring substituents is 1. The molecule has 0 aromatic heterocycles. The van der Waals surface area contributed by atoms with Crippen LogP contribution in [0.1, 0.15) is 42.3 Å². The Bertz CT molecular complexity index is 1390. The standard InChI is InChI=1S/C24H24N4O6S/c1-24(2,3)17-10-8-16(9-11-17)15-25-26-21-13-12-18(28(31)32)14-22(21)35(33,34)27-20-7-5-4-6-19(20)23(29)30/h4-15,26-27H,1-3H3,(H,29,30)/b25-15-. The Morgan fingerprint density at radius 1 is 1.03 bits per heavy atom. The molecule has 35 heavy (non-hydrogen) atoms. The third-order valence-electron chi connectivity index (χ3n) is 5.04. The molecule has 0 saturated heterocycles. The largest absolute Gasteiger partial charge is 0.478 e. The van der Waals surface area contributed by atoms with E-state index in [0.717, 1.165) is 23.3 Å². The number of carboxylic acids is 1. The van der Waals surface area contributed by atoms with Gasteiger partial charge < -0.3 is 5.11 Å². The van der Waals surface area contributed by atoms with E-state index in [9.17, 15) is 28.4 Å². The summed E-state index contributed by atoms with van der Waals surface area (Å²) in [4.78, 5) is 21.5. The maximum atomic E-state index is 13.1. The van der Waals surface area contributed by atoms with Gasteiger partial charge in [-0.2, -0.15) is 5.10 Å². The molecule has 3 rings (SSSR count). The molecule has 0 aliphatic heterocycles. The van der Waals surface area contributed by atoms with Crippen LogP contribution in [0.25, 0.3) is 0 Å². The zero-order valence-corrected chi connectivity index (χ0v) is 20.0. The maximum Gasteiger partial charge on any atom is 0.337 e. The summed E-state index contributed by atoms with van der Waals surface area (Å²) in [6.07, 6.45) is 1.48. The van der Waals surface area contributed by atoms with Gasteiger partial charge in [-0.15, -0.1) is 0 Å². The van der Waals surface area contributed by atoms with Crippen molar-refractivity contribution >= 4 is 39.3 Å². The topological polar surface area (TPSA) is 151 Å². The molecule has 0 aliphatic rings. The molecule has 0 amide bonds. The van der Waals surface area contributed by atoms with Crippen molar-refractivity contribution in [3.63, 3.8) is 0 Å². The number of nitro groups is 1. The normalized spacial score (nSPS) is 11.9. The predicted octanol–water partition coefficient (Wildman–Crippen LogP) is 4.84. The van der Waals surface area contributed by atoms with E-state index in [1.54, 1.807) is 0 Å². The Hall–Kier alpha value is -4.25. The van der Waals surface area contributed by atoms with Crippen LogP contribution in [0.5, 0.6) is 0 Å². The lowest BCUT2D eigenvalue weighted by molar-refractivity contribution is -0.385. The minimum absolute atomic E-state index is 0.0117. The van der Waals surface area contributed by atoms with Gasteiger partial charge in [-0.3, -0.25) is 20.3 Å². The van der Waals surface area contributed by atoms with E-state index in [-0.39, 0.29) is 22.4 Å². The van der Waals surface area contributed by atoms with Crippen LogP contribution in [-0.2, 0) is 15.4 Å². The fraction of sp³-hybridized carbons (Fsp3) is 0.167. The van der Waals surface area contributed by atoms with Crippen LogP contribution in [0.15, 0.2) is 76.7 Å². The number of para-hydroxylation sites is 1. The molecule has 182 valence electrons. The van der Waals surface area contributed by atoms with Gasteiger partial charge in [-0.05, 0) is 34.7 Å². The highest BCUT2D eigenvalue weighted by atomic mass is 32.2. The lowest BCUT2D eigenvalue weighted by atomic mass is 9.87. The summed E-state index contributed by atoms with van der Waals surface area (Å²) in [5.74, 6) is -1.33. The zero-order valence-electron chi connectivity index (χ0n) is 19.2. The number of carboxylic acid groups (broad SMARTS) is 1. The first-order valence-electron chi connectivity index (χ1n) is 10.4. The van der Waals surface area contributed by atoms with Crippen molar-refractivity contribution in [3.05, 3.63) is 93.5 Å². The number of benzene rings is 3. The predicted molar refractivity (Wildman–Crippen MR) is 134 cm³/mol. The summed E-state index contributed by atoms with van der Waals surface area (Å²) in [5, 5.41) is 24.7. The number of rotatable bonds is 8. The number of hydrogen-bond acceptors (Lipinski definition) is 7. The smallest absolute Gasteiger partial charge is 0.337 e. The molecule has 3 aromatic rings. The van der Waals surface area contributed by atoms with Crippen LogP contribution in [0.2, 0.25) is 0 Å². The summed E-state index contributed by atoms with van der Waals surface area (Å²) in [6.45, 7) is 6.28. The second-order valence-electron chi connectivity index (χ2n) is 8.64. The fourth-order valence-electron chi connectivity index (χ4n) is 3.14. The Balaban J connectivity index is 1.93. The van der Waals surface area contributed by atoms with E-state index in [0.29, 0.717) is 0 Å². The molecule has 10 nitrogen and oxygen atoms in total. The van der Waals surface area contributed by atoms with Gasteiger partial charge in [0.1, 0.15) is 4.90 Å². The van der Waals surface area contributed by atoms with Crippen molar-refractivity contribution in [2.75, 3.05) is 10.1 Å². The quantitative estimate of drug-likeness (QED) is 0.229. The van der Waals surface area contributed by atoms with E-state index < -0.39 is 31.5 Å². The van der Waals surface area contributed by atoms with Crippen LogP contribution in [0, 0.1) is 10.1 Å². The van der Waals surface area contributed by atoms with Crippen LogP contribution in [0.4, 0.5) is 17.1 Å². The first-order chi connectivity index (χ1) is 16.4. The summed E-state index contributed by atoms with van der Waals surface area (Å²) >= 11 is 0. The highest BCUT2D eigenvalue weighted by molar-refractivity contribution is 7.93. The first kappa shape index (κ1) is 25.4.